The van der Waals surface area contributed by atoms with E-state index in [2.05, 4.69) is 15.4 Å². The lowest BCUT2D eigenvalue weighted by molar-refractivity contribution is 0.0384. The Morgan fingerprint density at radius 1 is 1.37 bits per heavy atom. The summed E-state index contributed by atoms with van der Waals surface area (Å²) in [5.41, 5.74) is 5.41. The van der Waals surface area contributed by atoms with Gasteiger partial charge in [0, 0.05) is 31.6 Å². The normalized spacial score (nSPS) is 18.7. The van der Waals surface area contributed by atoms with Crippen molar-refractivity contribution in [2.24, 2.45) is 16.3 Å². The van der Waals surface area contributed by atoms with E-state index in [4.69, 9.17) is 15.7 Å². The predicted octanol–water partition coefficient (Wildman–Crippen LogP) is 0.461. The fourth-order valence-electron chi connectivity index (χ4n) is 2.11. The first-order valence-corrected chi connectivity index (χ1v) is 7.05. The summed E-state index contributed by atoms with van der Waals surface area (Å²) in [5.74, 6) is 0.306. The van der Waals surface area contributed by atoms with Crippen molar-refractivity contribution >= 4 is 5.84 Å². The van der Waals surface area contributed by atoms with Crippen molar-refractivity contribution in [1.29, 1.82) is 0 Å². The van der Waals surface area contributed by atoms with E-state index >= 15 is 0 Å². The molecule has 0 aliphatic carbocycles. The Morgan fingerprint density at radius 3 is 2.68 bits per heavy atom. The molecule has 0 bridgehead atoms. The summed E-state index contributed by atoms with van der Waals surface area (Å²) in [6.07, 6.45) is 1.93. The second-order valence-electron chi connectivity index (χ2n) is 5.68. The molecule has 0 spiro atoms. The van der Waals surface area contributed by atoms with Gasteiger partial charge in [-0.05, 0) is 19.4 Å². The molecule has 0 aromatic rings. The number of nitrogens with one attached hydrogen (secondary N) is 1. The topological polar surface area (TPSA) is 83.1 Å². The quantitative estimate of drug-likeness (QED) is 0.197. The molecule has 19 heavy (non-hydrogen) atoms. The van der Waals surface area contributed by atoms with Gasteiger partial charge in [-0.2, -0.15) is 0 Å². The van der Waals surface area contributed by atoms with E-state index in [1.54, 1.807) is 0 Å². The molecule has 1 fully saturated rings. The Kier molecular flexibility index (Phi) is 7.12. The van der Waals surface area contributed by atoms with Gasteiger partial charge >= 0.3 is 0 Å². The molecule has 0 atom stereocenters. The molecule has 0 unspecified atom stereocenters. The molecular weight excluding hydrogens is 244 g/mol. The zero-order valence-electron chi connectivity index (χ0n) is 12.2. The van der Waals surface area contributed by atoms with Gasteiger partial charge in [0.05, 0.1) is 13.2 Å². The summed E-state index contributed by atoms with van der Waals surface area (Å²) in [6, 6.07) is 0. The Hall–Kier alpha value is -0.850. The molecule has 4 N–H and O–H groups in total. The third-order valence-electron chi connectivity index (χ3n) is 3.66. The number of hydrogen-bond acceptors (Lipinski definition) is 5. The predicted molar refractivity (Wildman–Crippen MR) is 76.6 cm³/mol. The van der Waals surface area contributed by atoms with Crippen molar-refractivity contribution in [1.82, 2.24) is 10.2 Å². The number of oxime groups is 1. The summed E-state index contributed by atoms with van der Waals surface area (Å²) in [7, 11) is 0. The van der Waals surface area contributed by atoms with E-state index in [0.29, 0.717) is 5.84 Å². The van der Waals surface area contributed by atoms with Crippen molar-refractivity contribution in [2.75, 3.05) is 45.9 Å². The minimum atomic E-state index is -0.235. The number of hydrogen-bond donors (Lipinski definition) is 3. The first-order chi connectivity index (χ1) is 9.06. The molecule has 1 saturated heterocycles. The summed E-state index contributed by atoms with van der Waals surface area (Å²) in [5, 5.41) is 15.2. The van der Waals surface area contributed by atoms with Crippen molar-refractivity contribution in [2.45, 2.75) is 26.7 Å². The van der Waals surface area contributed by atoms with Crippen LogP contribution in [0.4, 0.5) is 0 Å². The zero-order chi connectivity index (χ0) is 14.1. The fourth-order valence-corrected chi connectivity index (χ4v) is 2.11. The molecule has 1 aliphatic heterocycles. The number of ether oxygens (including phenoxy) is 1. The molecule has 1 heterocycles. The first-order valence-electron chi connectivity index (χ1n) is 7.05. The number of nitrogens with two attached hydrogens (primary N) is 1. The lowest BCUT2D eigenvalue weighted by Crippen LogP contribution is -2.40. The summed E-state index contributed by atoms with van der Waals surface area (Å²) >= 11 is 0. The van der Waals surface area contributed by atoms with Crippen molar-refractivity contribution in [3.8, 4) is 0 Å². The molecule has 6 nitrogen and oxygen atoms in total. The average molecular weight is 272 g/mol. The molecule has 0 aromatic carbocycles. The van der Waals surface area contributed by atoms with Gasteiger partial charge in [-0.25, -0.2) is 0 Å². The molecule has 0 saturated carbocycles. The van der Waals surface area contributed by atoms with Gasteiger partial charge in [0.15, 0.2) is 0 Å². The minimum Gasteiger partial charge on any atom is -0.409 e. The maximum Gasteiger partial charge on any atom is 0.144 e. The lowest BCUT2D eigenvalue weighted by atomic mass is 9.86. The number of morpholine rings is 1. The largest absolute Gasteiger partial charge is 0.409 e. The van der Waals surface area contributed by atoms with Gasteiger partial charge in [-0.3, -0.25) is 4.90 Å². The molecule has 112 valence electrons. The monoisotopic (exact) mass is 272 g/mol. The van der Waals surface area contributed by atoms with E-state index in [-0.39, 0.29) is 5.41 Å². The lowest BCUT2D eigenvalue weighted by Gasteiger charge is -2.26. The van der Waals surface area contributed by atoms with Crippen LogP contribution in [0.3, 0.4) is 0 Å². The first kappa shape index (κ1) is 16.2. The second kappa shape index (κ2) is 8.35. The van der Waals surface area contributed by atoms with Crippen LogP contribution in [0.15, 0.2) is 5.16 Å². The standard InChI is InChI=1S/C13H28N4O2/c1-13(2,12(14)16-18)4-3-5-15-6-7-17-8-10-19-11-9-17/h15,18H,3-11H2,1-2H3,(H2,14,16). The van der Waals surface area contributed by atoms with E-state index in [9.17, 15) is 0 Å². The third kappa shape index (κ3) is 6.22. The number of amidine groups is 1. The molecule has 0 aromatic heterocycles. The number of rotatable bonds is 8. The zero-order valence-corrected chi connectivity index (χ0v) is 12.2. The van der Waals surface area contributed by atoms with Gasteiger partial charge < -0.3 is 21.0 Å². The van der Waals surface area contributed by atoms with Gasteiger partial charge in [0.25, 0.3) is 0 Å². The van der Waals surface area contributed by atoms with Crippen LogP contribution in [0.5, 0.6) is 0 Å². The molecule has 0 radical (unpaired) electrons. The molecule has 0 amide bonds. The van der Waals surface area contributed by atoms with Crippen molar-refractivity contribution < 1.29 is 9.94 Å². The average Bonchev–Trinajstić information content (AvgIpc) is 2.42. The summed E-state index contributed by atoms with van der Waals surface area (Å²) < 4.78 is 5.31. The van der Waals surface area contributed by atoms with Gasteiger partial charge in [0.2, 0.25) is 0 Å². The van der Waals surface area contributed by atoms with Crippen molar-refractivity contribution in [3.05, 3.63) is 0 Å². The van der Waals surface area contributed by atoms with Crippen molar-refractivity contribution in [3.63, 3.8) is 0 Å². The maximum absolute atomic E-state index is 8.69. The van der Waals surface area contributed by atoms with Crippen LogP contribution in [0.25, 0.3) is 0 Å². The Morgan fingerprint density at radius 2 is 2.05 bits per heavy atom. The van der Waals surface area contributed by atoms with Gasteiger partial charge in [0.1, 0.15) is 5.84 Å². The van der Waals surface area contributed by atoms with Crippen LogP contribution in [0.2, 0.25) is 0 Å². The number of nitrogens with zero attached hydrogens (tertiary/aromatic N) is 2. The van der Waals surface area contributed by atoms with Crippen LogP contribution in [0, 0.1) is 5.41 Å². The molecule has 6 heteroatoms. The minimum absolute atomic E-state index is 0.235. The van der Waals surface area contributed by atoms with Crippen LogP contribution >= 0.6 is 0 Å². The fraction of sp³-hybridized carbons (Fsp3) is 0.923. The third-order valence-corrected chi connectivity index (χ3v) is 3.66. The molecule has 1 aliphatic rings. The second-order valence-corrected chi connectivity index (χ2v) is 5.68. The van der Waals surface area contributed by atoms with Crippen LogP contribution < -0.4 is 11.1 Å². The molecular formula is C13H28N4O2. The maximum atomic E-state index is 8.69. The van der Waals surface area contributed by atoms with E-state index in [0.717, 1.165) is 58.8 Å². The SMILES string of the molecule is CC(C)(CCCNCCN1CCOCC1)C(N)=NO. The van der Waals surface area contributed by atoms with Crippen LogP contribution in [-0.4, -0.2) is 61.9 Å². The highest BCUT2D eigenvalue weighted by Crippen LogP contribution is 2.21. The Labute approximate surface area is 116 Å². The summed E-state index contributed by atoms with van der Waals surface area (Å²) in [6.45, 7) is 10.8. The molecule has 1 rings (SSSR count). The Bertz CT molecular complexity index is 276. The smallest absolute Gasteiger partial charge is 0.144 e. The van der Waals surface area contributed by atoms with Crippen LogP contribution in [0.1, 0.15) is 26.7 Å². The van der Waals surface area contributed by atoms with Gasteiger partial charge in [-0.1, -0.05) is 19.0 Å². The van der Waals surface area contributed by atoms with E-state index < -0.39 is 0 Å². The highest BCUT2D eigenvalue weighted by molar-refractivity contribution is 5.85. The van der Waals surface area contributed by atoms with Crippen LogP contribution in [-0.2, 0) is 4.74 Å². The summed E-state index contributed by atoms with van der Waals surface area (Å²) in [4.78, 5) is 2.41. The van der Waals surface area contributed by atoms with E-state index in [1.165, 1.54) is 0 Å². The van der Waals surface area contributed by atoms with E-state index in [1.807, 2.05) is 13.8 Å². The van der Waals surface area contributed by atoms with Gasteiger partial charge in [-0.15, -0.1) is 0 Å². The Balaban J connectivity index is 2.01. The highest BCUT2D eigenvalue weighted by Gasteiger charge is 2.22. The highest BCUT2D eigenvalue weighted by atomic mass is 16.5.